The summed E-state index contributed by atoms with van der Waals surface area (Å²) in [6.07, 6.45) is 0.306. The number of benzene rings is 1. The minimum Gasteiger partial charge on any atom is -0.339 e. The van der Waals surface area contributed by atoms with Crippen LogP contribution in [-0.2, 0) is 14.8 Å². The first-order chi connectivity index (χ1) is 11.9. The Morgan fingerprint density at radius 2 is 1.62 bits per heavy atom. The monoisotopic (exact) mass is 430 g/mol. The predicted octanol–water partition coefficient (Wildman–Crippen LogP) is 2.52. The van der Waals surface area contributed by atoms with Gasteiger partial charge in [0.25, 0.3) is 0 Å². The number of carbonyl (C=O) groups excluding carboxylic acids is 1. The zero-order chi connectivity index (χ0) is 19.5. The van der Waals surface area contributed by atoms with E-state index in [1.807, 2.05) is 0 Å². The van der Waals surface area contributed by atoms with Crippen LogP contribution >= 0.6 is 23.2 Å². The Kier molecular flexibility index (Phi) is 4.74. The van der Waals surface area contributed by atoms with Crippen LogP contribution in [0.15, 0.2) is 17.0 Å². The molecule has 0 radical (unpaired) electrons. The highest BCUT2D eigenvalue weighted by Crippen LogP contribution is 2.64. The largest absolute Gasteiger partial charge is 0.339 e. The zero-order valence-electron chi connectivity index (χ0n) is 13.6. The molecule has 144 valence electrons. The first-order valence-corrected chi connectivity index (χ1v) is 9.92. The molecule has 1 amide bonds. The summed E-state index contributed by atoms with van der Waals surface area (Å²) in [7, 11) is -4.36. The van der Waals surface area contributed by atoms with Crippen molar-refractivity contribution in [3.63, 3.8) is 0 Å². The predicted molar refractivity (Wildman–Crippen MR) is 88.8 cm³/mol. The summed E-state index contributed by atoms with van der Waals surface area (Å²) in [5.74, 6) is -5.36. The Hall–Kier alpha value is -1.03. The van der Waals surface area contributed by atoms with Crippen LogP contribution in [-0.4, -0.2) is 54.0 Å². The van der Waals surface area contributed by atoms with Crippen LogP contribution in [0.4, 0.5) is 13.2 Å². The van der Waals surface area contributed by atoms with E-state index >= 15 is 0 Å². The number of sulfonamides is 1. The maximum absolute atomic E-state index is 13.9. The highest BCUT2D eigenvalue weighted by atomic mass is 35.5. The molecule has 2 aliphatic rings. The third kappa shape index (κ3) is 2.98. The first kappa shape index (κ1) is 19.7. The summed E-state index contributed by atoms with van der Waals surface area (Å²) >= 11 is 12.0. The molecule has 11 heteroatoms. The maximum atomic E-state index is 13.9. The van der Waals surface area contributed by atoms with Gasteiger partial charge in [0.2, 0.25) is 15.9 Å². The topological polar surface area (TPSA) is 57.7 Å². The third-order valence-electron chi connectivity index (χ3n) is 4.87. The lowest BCUT2D eigenvalue weighted by Crippen LogP contribution is -2.52. The average Bonchev–Trinajstić information content (AvgIpc) is 3.11. The van der Waals surface area contributed by atoms with Crippen LogP contribution in [0, 0.1) is 22.9 Å². The van der Waals surface area contributed by atoms with Gasteiger partial charge >= 0.3 is 0 Å². The molecule has 2 fully saturated rings. The molecule has 1 aromatic rings. The number of nitrogens with zero attached hydrogens (tertiary/aromatic N) is 2. The van der Waals surface area contributed by atoms with Crippen molar-refractivity contribution >= 4 is 39.1 Å². The van der Waals surface area contributed by atoms with Crippen molar-refractivity contribution in [2.24, 2.45) is 5.41 Å². The van der Waals surface area contributed by atoms with Gasteiger partial charge in [-0.05, 0) is 25.5 Å². The first-order valence-electron chi connectivity index (χ1n) is 7.73. The van der Waals surface area contributed by atoms with E-state index in [9.17, 15) is 26.4 Å². The third-order valence-corrected chi connectivity index (χ3v) is 7.89. The van der Waals surface area contributed by atoms with E-state index in [1.165, 1.54) is 4.90 Å². The molecule has 1 saturated heterocycles. The normalized spacial score (nSPS) is 26.0. The highest BCUT2D eigenvalue weighted by Gasteiger charge is 2.68. The van der Waals surface area contributed by atoms with Gasteiger partial charge in [-0.1, -0.05) is 0 Å². The van der Waals surface area contributed by atoms with E-state index < -0.39 is 42.1 Å². The molecule has 1 saturated carbocycles. The maximum Gasteiger partial charge on any atom is 0.246 e. The molecule has 0 bridgehead atoms. The van der Waals surface area contributed by atoms with Crippen LogP contribution in [0.3, 0.4) is 0 Å². The van der Waals surface area contributed by atoms with Crippen molar-refractivity contribution in [2.45, 2.75) is 22.6 Å². The molecule has 1 atom stereocenters. The van der Waals surface area contributed by atoms with E-state index in [-0.39, 0.29) is 32.1 Å². The molecule has 26 heavy (non-hydrogen) atoms. The number of carbonyl (C=O) groups is 1. The Morgan fingerprint density at radius 1 is 1.08 bits per heavy atom. The van der Waals surface area contributed by atoms with Crippen LogP contribution in [0.1, 0.15) is 13.3 Å². The number of piperazine rings is 1. The fraction of sp³-hybridized carbons (Fsp3) is 0.533. The fourth-order valence-corrected chi connectivity index (χ4v) is 5.13. The lowest BCUT2D eigenvalue weighted by molar-refractivity contribution is -0.137. The Morgan fingerprint density at radius 3 is 2.12 bits per heavy atom. The lowest BCUT2D eigenvalue weighted by Gasteiger charge is -2.35. The molecule has 3 rings (SSSR count). The summed E-state index contributed by atoms with van der Waals surface area (Å²) in [5.41, 5.74) is -0.913. The fourth-order valence-electron chi connectivity index (χ4n) is 2.96. The Bertz CT molecular complexity index is 873. The molecular formula is C15H15Cl2F3N2O3S. The van der Waals surface area contributed by atoms with E-state index in [0.29, 0.717) is 18.6 Å². The standard InChI is InChI=1S/C15H15Cl2F3N2O3S/c1-14(8-15(14,16)17)13(23)21-4-6-22(7-5-21)26(24,25)10-3-2-9(18)11(19)12(10)20/h2-3H,4-8H2,1H3. The highest BCUT2D eigenvalue weighted by molar-refractivity contribution is 7.89. The number of rotatable bonds is 3. The zero-order valence-corrected chi connectivity index (χ0v) is 15.9. The van der Waals surface area contributed by atoms with Gasteiger partial charge in [-0.3, -0.25) is 4.79 Å². The van der Waals surface area contributed by atoms with Gasteiger partial charge in [-0.15, -0.1) is 23.2 Å². The van der Waals surface area contributed by atoms with Gasteiger partial charge in [0.05, 0.1) is 5.41 Å². The van der Waals surface area contributed by atoms with E-state index in [2.05, 4.69) is 0 Å². The van der Waals surface area contributed by atoms with Gasteiger partial charge < -0.3 is 4.90 Å². The average molecular weight is 431 g/mol. The second kappa shape index (κ2) is 6.25. The minimum atomic E-state index is -4.36. The minimum absolute atomic E-state index is 0.0583. The Balaban J connectivity index is 1.74. The number of halogens is 5. The molecule has 1 unspecified atom stereocenters. The molecule has 1 aliphatic carbocycles. The molecule has 1 heterocycles. The van der Waals surface area contributed by atoms with Crippen LogP contribution in [0.5, 0.6) is 0 Å². The van der Waals surface area contributed by atoms with E-state index in [4.69, 9.17) is 23.2 Å². The summed E-state index contributed by atoms with van der Waals surface area (Å²) in [4.78, 5) is 13.0. The number of hydrogen-bond acceptors (Lipinski definition) is 3. The van der Waals surface area contributed by atoms with Crippen molar-refractivity contribution in [3.8, 4) is 0 Å². The Labute approximate surface area is 158 Å². The summed E-state index contributed by atoms with van der Waals surface area (Å²) < 4.78 is 65.0. The quantitative estimate of drug-likeness (QED) is 0.546. The van der Waals surface area contributed by atoms with Gasteiger partial charge in [0, 0.05) is 26.2 Å². The molecule has 0 N–H and O–H groups in total. The molecule has 1 aliphatic heterocycles. The summed E-state index contributed by atoms with van der Waals surface area (Å²) in [5, 5.41) is 0. The van der Waals surface area contributed by atoms with Gasteiger partial charge in [-0.2, -0.15) is 4.31 Å². The molecule has 5 nitrogen and oxygen atoms in total. The van der Waals surface area contributed by atoms with Crippen molar-refractivity contribution in [1.82, 2.24) is 9.21 Å². The van der Waals surface area contributed by atoms with Gasteiger partial charge in [0.1, 0.15) is 9.23 Å². The summed E-state index contributed by atoms with van der Waals surface area (Å²) in [6.45, 7) is 1.53. The second-order valence-corrected chi connectivity index (χ2v) is 9.97. The molecule has 0 aromatic heterocycles. The van der Waals surface area contributed by atoms with Crippen molar-refractivity contribution in [1.29, 1.82) is 0 Å². The van der Waals surface area contributed by atoms with Gasteiger partial charge in [-0.25, -0.2) is 21.6 Å². The number of amides is 1. The molecule has 1 aromatic carbocycles. The number of hydrogen-bond donors (Lipinski definition) is 0. The van der Waals surface area contributed by atoms with Crippen LogP contribution in [0.2, 0.25) is 0 Å². The molecule has 0 spiro atoms. The number of alkyl halides is 2. The van der Waals surface area contributed by atoms with Crippen molar-refractivity contribution in [2.75, 3.05) is 26.2 Å². The molecular weight excluding hydrogens is 416 g/mol. The van der Waals surface area contributed by atoms with Crippen LogP contribution < -0.4 is 0 Å². The van der Waals surface area contributed by atoms with Crippen LogP contribution in [0.25, 0.3) is 0 Å². The second-order valence-electron chi connectivity index (χ2n) is 6.58. The smallest absolute Gasteiger partial charge is 0.246 e. The van der Waals surface area contributed by atoms with Crippen molar-refractivity contribution in [3.05, 3.63) is 29.6 Å². The van der Waals surface area contributed by atoms with E-state index in [0.717, 1.165) is 4.31 Å². The van der Waals surface area contributed by atoms with E-state index in [1.54, 1.807) is 6.92 Å². The van der Waals surface area contributed by atoms with Crippen molar-refractivity contribution < 1.29 is 26.4 Å². The SMILES string of the molecule is CC1(C(=O)N2CCN(S(=O)(=O)c3ccc(F)c(F)c3F)CC2)CC1(Cl)Cl. The lowest BCUT2D eigenvalue weighted by atomic mass is 10.1. The van der Waals surface area contributed by atoms with Gasteiger partial charge in [0.15, 0.2) is 17.5 Å². The summed E-state index contributed by atoms with van der Waals surface area (Å²) in [6, 6.07) is 1.24.